The lowest BCUT2D eigenvalue weighted by atomic mass is 10.1. The van der Waals surface area contributed by atoms with Gasteiger partial charge < -0.3 is 10.2 Å². The molecule has 1 fully saturated rings. The molecule has 0 aromatic carbocycles. The highest BCUT2D eigenvalue weighted by molar-refractivity contribution is 5.78. The lowest BCUT2D eigenvalue weighted by Gasteiger charge is -2.37. The summed E-state index contributed by atoms with van der Waals surface area (Å²) in [6.45, 7) is 14.3. The van der Waals surface area contributed by atoms with Gasteiger partial charge in [-0.15, -0.1) is 0 Å². The number of carbonyl (C=O) groups excluding carboxylic acids is 1. The summed E-state index contributed by atoms with van der Waals surface area (Å²) in [7, 11) is 0. The standard InChI is InChI=1S/C16H33N3O/c1-6-10-18(15-8-7-9-17-11-15)12-16(20)19(13(2)3)14(4)5/h13-15,17H,6-12H2,1-5H3. The van der Waals surface area contributed by atoms with Crippen LogP contribution in [0.5, 0.6) is 0 Å². The van der Waals surface area contributed by atoms with Gasteiger partial charge in [0.15, 0.2) is 0 Å². The van der Waals surface area contributed by atoms with Gasteiger partial charge in [0.1, 0.15) is 0 Å². The highest BCUT2D eigenvalue weighted by Crippen LogP contribution is 2.13. The van der Waals surface area contributed by atoms with Crippen molar-refractivity contribution in [1.29, 1.82) is 0 Å². The first-order chi connectivity index (χ1) is 9.47. The van der Waals surface area contributed by atoms with E-state index in [-0.39, 0.29) is 18.0 Å². The van der Waals surface area contributed by atoms with Crippen molar-refractivity contribution in [2.45, 2.75) is 72.0 Å². The molecular weight excluding hydrogens is 250 g/mol. The van der Waals surface area contributed by atoms with Crippen LogP contribution in [0.25, 0.3) is 0 Å². The maximum absolute atomic E-state index is 12.6. The van der Waals surface area contributed by atoms with Crippen molar-refractivity contribution in [2.24, 2.45) is 0 Å². The molecule has 0 saturated carbocycles. The van der Waals surface area contributed by atoms with Crippen LogP contribution in [0, 0.1) is 0 Å². The molecule has 0 bridgehead atoms. The molecule has 0 aromatic heterocycles. The van der Waals surface area contributed by atoms with Gasteiger partial charge in [-0.3, -0.25) is 9.69 Å². The summed E-state index contributed by atoms with van der Waals surface area (Å²) in [5, 5.41) is 3.46. The maximum atomic E-state index is 12.6. The lowest BCUT2D eigenvalue weighted by molar-refractivity contribution is -0.136. The van der Waals surface area contributed by atoms with E-state index in [1.54, 1.807) is 0 Å². The van der Waals surface area contributed by atoms with Crippen molar-refractivity contribution < 1.29 is 4.79 Å². The Morgan fingerprint density at radius 3 is 2.35 bits per heavy atom. The van der Waals surface area contributed by atoms with Crippen LogP contribution < -0.4 is 5.32 Å². The van der Waals surface area contributed by atoms with Gasteiger partial charge in [0, 0.05) is 24.7 Å². The zero-order chi connectivity index (χ0) is 15.1. The van der Waals surface area contributed by atoms with Gasteiger partial charge in [-0.2, -0.15) is 0 Å². The van der Waals surface area contributed by atoms with Crippen molar-refractivity contribution in [3.05, 3.63) is 0 Å². The van der Waals surface area contributed by atoms with Crippen LogP contribution in [0.1, 0.15) is 53.9 Å². The third-order valence-electron chi connectivity index (χ3n) is 4.04. The Kier molecular flexibility index (Phi) is 7.52. The Hall–Kier alpha value is -0.610. The molecule has 0 spiro atoms. The number of hydrogen-bond acceptors (Lipinski definition) is 3. The third kappa shape index (κ3) is 5.06. The molecule has 1 heterocycles. The Labute approximate surface area is 124 Å². The summed E-state index contributed by atoms with van der Waals surface area (Å²) in [4.78, 5) is 17.0. The van der Waals surface area contributed by atoms with Gasteiger partial charge in [-0.05, 0) is 60.0 Å². The average Bonchev–Trinajstić information content (AvgIpc) is 2.38. The maximum Gasteiger partial charge on any atom is 0.237 e. The summed E-state index contributed by atoms with van der Waals surface area (Å²) >= 11 is 0. The number of nitrogens with one attached hydrogen (secondary N) is 1. The molecule has 4 nitrogen and oxygen atoms in total. The molecular formula is C16H33N3O. The fraction of sp³-hybridized carbons (Fsp3) is 0.938. The smallest absolute Gasteiger partial charge is 0.237 e. The van der Waals surface area contributed by atoms with E-state index in [0.29, 0.717) is 12.6 Å². The first-order valence-electron chi connectivity index (χ1n) is 8.23. The van der Waals surface area contributed by atoms with Gasteiger partial charge in [-0.1, -0.05) is 6.92 Å². The fourth-order valence-corrected chi connectivity index (χ4v) is 3.25. The molecule has 1 N–H and O–H groups in total. The van der Waals surface area contributed by atoms with Gasteiger partial charge in [0.2, 0.25) is 5.91 Å². The average molecular weight is 283 g/mol. The molecule has 118 valence electrons. The second kappa shape index (κ2) is 8.63. The predicted molar refractivity (Wildman–Crippen MR) is 84.9 cm³/mol. The lowest BCUT2D eigenvalue weighted by Crippen LogP contribution is -2.52. The number of nitrogens with zero attached hydrogens (tertiary/aromatic N) is 2. The summed E-state index contributed by atoms with van der Waals surface area (Å²) in [5.41, 5.74) is 0. The highest BCUT2D eigenvalue weighted by atomic mass is 16.2. The van der Waals surface area contributed by atoms with Crippen molar-refractivity contribution in [3.63, 3.8) is 0 Å². The molecule has 1 saturated heterocycles. The number of amides is 1. The minimum absolute atomic E-state index is 0.272. The van der Waals surface area contributed by atoms with Crippen molar-refractivity contribution in [2.75, 3.05) is 26.2 Å². The molecule has 1 amide bonds. The van der Waals surface area contributed by atoms with E-state index in [4.69, 9.17) is 0 Å². The third-order valence-corrected chi connectivity index (χ3v) is 4.04. The van der Waals surface area contributed by atoms with E-state index in [0.717, 1.165) is 26.1 Å². The van der Waals surface area contributed by atoms with E-state index in [1.165, 1.54) is 12.8 Å². The van der Waals surface area contributed by atoms with Crippen LogP contribution in [-0.2, 0) is 4.79 Å². The Balaban J connectivity index is 2.65. The van der Waals surface area contributed by atoms with E-state index >= 15 is 0 Å². The zero-order valence-corrected chi connectivity index (χ0v) is 14.0. The van der Waals surface area contributed by atoms with E-state index < -0.39 is 0 Å². The van der Waals surface area contributed by atoms with Crippen molar-refractivity contribution in [3.8, 4) is 0 Å². The fourth-order valence-electron chi connectivity index (χ4n) is 3.25. The van der Waals surface area contributed by atoms with Crippen LogP contribution in [0.3, 0.4) is 0 Å². The minimum Gasteiger partial charge on any atom is -0.337 e. The second-order valence-electron chi connectivity index (χ2n) is 6.46. The topological polar surface area (TPSA) is 35.6 Å². The first kappa shape index (κ1) is 17.4. The molecule has 1 aliphatic rings. The highest BCUT2D eigenvalue weighted by Gasteiger charge is 2.26. The molecule has 4 heteroatoms. The molecule has 20 heavy (non-hydrogen) atoms. The van der Waals surface area contributed by atoms with Crippen molar-refractivity contribution in [1.82, 2.24) is 15.1 Å². The monoisotopic (exact) mass is 283 g/mol. The summed E-state index contributed by atoms with van der Waals surface area (Å²) in [5.74, 6) is 0.272. The predicted octanol–water partition coefficient (Wildman–Crippen LogP) is 2.10. The first-order valence-corrected chi connectivity index (χ1v) is 8.23. The van der Waals surface area contributed by atoms with Gasteiger partial charge in [-0.25, -0.2) is 0 Å². The molecule has 1 rings (SSSR count). The molecule has 0 radical (unpaired) electrons. The molecule has 1 atom stereocenters. The SMILES string of the molecule is CCCN(CC(=O)N(C(C)C)C(C)C)C1CCCNC1. The molecule has 1 aliphatic heterocycles. The summed E-state index contributed by atoms with van der Waals surface area (Å²) in [6, 6.07) is 1.07. The van der Waals surface area contributed by atoms with Gasteiger partial charge in [0.25, 0.3) is 0 Å². The van der Waals surface area contributed by atoms with Crippen LogP contribution in [-0.4, -0.2) is 60.0 Å². The van der Waals surface area contributed by atoms with Gasteiger partial charge >= 0.3 is 0 Å². The van der Waals surface area contributed by atoms with Crippen LogP contribution in [0.15, 0.2) is 0 Å². The Morgan fingerprint density at radius 1 is 1.25 bits per heavy atom. The largest absolute Gasteiger partial charge is 0.337 e. The van der Waals surface area contributed by atoms with Crippen LogP contribution >= 0.6 is 0 Å². The number of piperidine rings is 1. The molecule has 0 aliphatic carbocycles. The zero-order valence-electron chi connectivity index (χ0n) is 14.0. The van der Waals surface area contributed by atoms with Crippen LogP contribution in [0.2, 0.25) is 0 Å². The molecule has 1 unspecified atom stereocenters. The quantitative estimate of drug-likeness (QED) is 0.777. The van der Waals surface area contributed by atoms with Crippen molar-refractivity contribution >= 4 is 5.91 Å². The normalized spacial score (nSPS) is 19.9. The molecule has 0 aromatic rings. The number of hydrogen-bond donors (Lipinski definition) is 1. The number of rotatable bonds is 7. The number of carbonyl (C=O) groups is 1. The van der Waals surface area contributed by atoms with E-state index in [9.17, 15) is 4.79 Å². The van der Waals surface area contributed by atoms with Crippen LogP contribution in [0.4, 0.5) is 0 Å². The Bertz CT molecular complexity index is 277. The van der Waals surface area contributed by atoms with Gasteiger partial charge in [0.05, 0.1) is 6.54 Å². The second-order valence-corrected chi connectivity index (χ2v) is 6.46. The van der Waals surface area contributed by atoms with E-state index in [1.807, 2.05) is 4.90 Å². The summed E-state index contributed by atoms with van der Waals surface area (Å²) < 4.78 is 0. The Morgan fingerprint density at radius 2 is 1.90 bits per heavy atom. The minimum atomic E-state index is 0.272. The summed E-state index contributed by atoms with van der Waals surface area (Å²) in [6.07, 6.45) is 3.54. The van der Waals surface area contributed by atoms with E-state index in [2.05, 4.69) is 44.8 Å².